The number of carbonyl (C=O) groups is 2. The van der Waals surface area contributed by atoms with Crippen LogP contribution in [0.3, 0.4) is 0 Å². The number of halogens is 2. The summed E-state index contributed by atoms with van der Waals surface area (Å²) in [5, 5.41) is 16.6. The van der Waals surface area contributed by atoms with Gasteiger partial charge in [0, 0.05) is 24.0 Å². The average molecular weight is 472 g/mol. The van der Waals surface area contributed by atoms with E-state index in [0.717, 1.165) is 10.8 Å². The summed E-state index contributed by atoms with van der Waals surface area (Å²) in [4.78, 5) is 27.5. The number of aliphatic hydroxyl groups is 1. The number of fused-ring (bicyclic) bond motifs is 1. The highest BCUT2D eigenvalue weighted by molar-refractivity contribution is 6.88. The molecule has 33 heavy (non-hydrogen) atoms. The fourth-order valence-corrected chi connectivity index (χ4v) is 5.25. The van der Waals surface area contributed by atoms with Crippen molar-refractivity contribution >= 4 is 36.0 Å². The molecule has 1 aliphatic rings. The van der Waals surface area contributed by atoms with E-state index < -0.39 is 32.0 Å². The van der Waals surface area contributed by atoms with Crippen LogP contribution in [0, 0.1) is 11.6 Å². The van der Waals surface area contributed by atoms with Gasteiger partial charge in [-0.1, -0.05) is 30.9 Å². The molecule has 1 aromatic heterocycles. The van der Waals surface area contributed by atoms with Crippen molar-refractivity contribution in [2.24, 2.45) is 0 Å². The molecule has 1 saturated heterocycles. The first-order valence-electron chi connectivity index (χ1n) is 10.9. The van der Waals surface area contributed by atoms with Crippen molar-refractivity contribution in [3.05, 3.63) is 53.6 Å². The fourth-order valence-electron chi connectivity index (χ4n) is 4.12. The lowest BCUT2D eigenvalue weighted by Gasteiger charge is -2.17. The number of nitrogens with one attached hydrogen (secondary N) is 3. The van der Waals surface area contributed by atoms with Crippen LogP contribution in [-0.2, 0) is 16.0 Å². The Hall–Kier alpha value is -3.04. The first kappa shape index (κ1) is 23.1. The maximum atomic E-state index is 15.1. The second-order valence-corrected chi connectivity index (χ2v) is 14.6. The van der Waals surface area contributed by atoms with Crippen molar-refractivity contribution in [1.29, 1.82) is 0 Å². The van der Waals surface area contributed by atoms with Crippen molar-refractivity contribution in [1.82, 2.24) is 15.6 Å². The highest BCUT2D eigenvalue weighted by Crippen LogP contribution is 2.33. The van der Waals surface area contributed by atoms with Crippen molar-refractivity contribution in [2.75, 3.05) is 6.54 Å². The quantitative estimate of drug-likeness (QED) is 0.416. The van der Waals surface area contributed by atoms with Gasteiger partial charge in [0.15, 0.2) is 0 Å². The van der Waals surface area contributed by atoms with Crippen LogP contribution in [-0.4, -0.2) is 48.7 Å². The number of amides is 2. The van der Waals surface area contributed by atoms with E-state index in [1.807, 2.05) is 6.07 Å². The van der Waals surface area contributed by atoms with E-state index in [2.05, 4.69) is 35.3 Å². The van der Waals surface area contributed by atoms with Crippen LogP contribution in [0.25, 0.3) is 22.2 Å². The van der Waals surface area contributed by atoms with Crippen LogP contribution in [0.4, 0.5) is 8.78 Å². The molecule has 0 radical (unpaired) electrons. The van der Waals surface area contributed by atoms with Crippen molar-refractivity contribution in [3.63, 3.8) is 0 Å². The smallest absolute Gasteiger partial charge is 0.245 e. The number of aromatic amines is 1. The maximum Gasteiger partial charge on any atom is 0.245 e. The molecule has 0 aliphatic carbocycles. The molecule has 1 aliphatic heterocycles. The van der Waals surface area contributed by atoms with Crippen LogP contribution < -0.4 is 15.8 Å². The minimum atomic E-state index is -1.82. The van der Waals surface area contributed by atoms with Gasteiger partial charge in [0.05, 0.1) is 13.6 Å². The zero-order chi connectivity index (χ0) is 23.9. The number of carbonyl (C=O) groups excluding carboxylic acids is 2. The average Bonchev–Trinajstić information content (AvgIpc) is 3.27. The summed E-state index contributed by atoms with van der Waals surface area (Å²) in [6, 6.07) is 8.46. The molecule has 0 unspecified atom stereocenters. The van der Waals surface area contributed by atoms with Gasteiger partial charge in [-0.3, -0.25) is 9.59 Å². The molecule has 0 saturated carbocycles. The van der Waals surface area contributed by atoms with E-state index in [0.29, 0.717) is 22.2 Å². The summed E-state index contributed by atoms with van der Waals surface area (Å²) in [7, 11) is -1.82. The molecule has 9 heteroatoms. The predicted molar refractivity (Wildman–Crippen MR) is 126 cm³/mol. The molecule has 2 amide bonds. The molecular formula is C24H27F2N3O3Si. The van der Waals surface area contributed by atoms with Gasteiger partial charge < -0.3 is 20.7 Å². The molecule has 0 spiro atoms. The molecule has 2 heterocycles. The fraction of sp³-hybridized carbons (Fsp3) is 0.333. The van der Waals surface area contributed by atoms with Gasteiger partial charge in [-0.2, -0.15) is 0 Å². The van der Waals surface area contributed by atoms with Gasteiger partial charge in [0.1, 0.15) is 23.8 Å². The number of H-pyrrole nitrogens is 1. The Morgan fingerprint density at radius 1 is 1.18 bits per heavy atom. The van der Waals surface area contributed by atoms with Crippen LogP contribution >= 0.6 is 0 Å². The summed E-state index contributed by atoms with van der Waals surface area (Å²) in [5.41, 5.74) is 2.41. The maximum absolute atomic E-state index is 15.1. The Labute approximate surface area is 191 Å². The highest BCUT2D eigenvalue weighted by atomic mass is 28.3. The Balaban J connectivity index is 1.71. The Morgan fingerprint density at radius 3 is 2.48 bits per heavy atom. The first-order chi connectivity index (χ1) is 15.5. The SMILES string of the molecule is C[Si](C)(C)c1cc(F)c2[nH]c(-c3ccc(F)cc3)c(CCC(=O)N[C@@H]3C(=O)NC[C@H]3O)c2c1. The van der Waals surface area contributed by atoms with Gasteiger partial charge in [-0.15, -0.1) is 0 Å². The van der Waals surface area contributed by atoms with Crippen LogP contribution in [0.15, 0.2) is 36.4 Å². The predicted octanol–water partition coefficient (Wildman–Crippen LogP) is 2.57. The van der Waals surface area contributed by atoms with E-state index in [1.54, 1.807) is 18.2 Å². The molecule has 2 atom stereocenters. The van der Waals surface area contributed by atoms with Crippen LogP contribution in [0.2, 0.25) is 19.6 Å². The second kappa shape index (κ2) is 8.72. The van der Waals surface area contributed by atoms with Crippen molar-refractivity contribution in [3.8, 4) is 11.3 Å². The number of hydrogen-bond acceptors (Lipinski definition) is 3. The molecule has 1 fully saturated rings. The molecule has 2 aromatic carbocycles. The molecule has 3 aromatic rings. The van der Waals surface area contributed by atoms with Crippen molar-refractivity contribution < 1.29 is 23.5 Å². The van der Waals surface area contributed by atoms with E-state index in [4.69, 9.17) is 0 Å². The minimum Gasteiger partial charge on any atom is -0.389 e. The molecule has 4 N–H and O–H groups in total. The molecular weight excluding hydrogens is 444 g/mol. The summed E-state index contributed by atoms with van der Waals surface area (Å²) in [6.45, 7) is 6.49. The third-order valence-electron chi connectivity index (χ3n) is 6.04. The van der Waals surface area contributed by atoms with Gasteiger partial charge in [0.2, 0.25) is 11.8 Å². The summed E-state index contributed by atoms with van der Waals surface area (Å²) in [6.07, 6.45) is -0.661. The molecule has 4 rings (SSSR count). The van der Waals surface area contributed by atoms with E-state index in [9.17, 15) is 19.1 Å². The Bertz CT molecular complexity index is 1220. The lowest BCUT2D eigenvalue weighted by Crippen LogP contribution is -2.45. The Morgan fingerprint density at radius 2 is 1.88 bits per heavy atom. The zero-order valence-corrected chi connectivity index (χ0v) is 19.8. The minimum absolute atomic E-state index is 0.0381. The lowest BCUT2D eigenvalue weighted by atomic mass is 10.0. The van der Waals surface area contributed by atoms with E-state index >= 15 is 4.39 Å². The zero-order valence-electron chi connectivity index (χ0n) is 18.8. The van der Waals surface area contributed by atoms with Gasteiger partial charge in [-0.25, -0.2) is 8.78 Å². The van der Waals surface area contributed by atoms with Gasteiger partial charge >= 0.3 is 0 Å². The third-order valence-corrected chi connectivity index (χ3v) is 8.06. The monoisotopic (exact) mass is 471 g/mol. The number of rotatable bonds is 6. The van der Waals surface area contributed by atoms with Crippen LogP contribution in [0.5, 0.6) is 0 Å². The van der Waals surface area contributed by atoms with Gasteiger partial charge in [0.25, 0.3) is 0 Å². The highest BCUT2D eigenvalue weighted by Gasteiger charge is 2.34. The van der Waals surface area contributed by atoms with Gasteiger partial charge in [-0.05, 0) is 47.9 Å². The number of aromatic nitrogens is 1. The van der Waals surface area contributed by atoms with E-state index in [1.165, 1.54) is 12.1 Å². The molecule has 0 bridgehead atoms. The first-order valence-corrected chi connectivity index (χ1v) is 14.4. The summed E-state index contributed by atoms with van der Waals surface area (Å²) < 4.78 is 28.6. The van der Waals surface area contributed by atoms with Crippen molar-refractivity contribution in [2.45, 2.75) is 44.6 Å². The third kappa shape index (κ3) is 4.69. The number of aliphatic hydroxyl groups excluding tert-OH is 1. The topological polar surface area (TPSA) is 94.2 Å². The van der Waals surface area contributed by atoms with E-state index in [-0.39, 0.29) is 31.0 Å². The largest absolute Gasteiger partial charge is 0.389 e. The number of β-amino-alcohol motifs (C(OH)–C–C–N with tert-alkyl or cyclic N) is 1. The Kier molecular flexibility index (Phi) is 6.11. The lowest BCUT2D eigenvalue weighted by molar-refractivity contribution is -0.128. The number of benzene rings is 2. The number of hydrogen-bond donors (Lipinski definition) is 4. The second-order valence-electron chi connectivity index (χ2n) is 9.47. The molecule has 6 nitrogen and oxygen atoms in total. The normalized spacial score (nSPS) is 18.5. The standard InChI is InChI=1S/C24H27F2N3O3Si/c1-33(2,3)15-10-17-16(8-9-20(31)28-23-19(30)12-27-24(23)32)21(29-22(17)18(26)11-15)13-4-6-14(25)7-5-13/h4-7,10-11,19,23,29-30H,8-9,12H2,1-3H3,(H,27,32)(H,28,31)/t19-,23+/m1/s1. The molecule has 174 valence electrons. The summed E-state index contributed by atoms with van der Waals surface area (Å²) in [5.74, 6) is -1.56. The summed E-state index contributed by atoms with van der Waals surface area (Å²) >= 11 is 0. The van der Waals surface area contributed by atoms with Crippen LogP contribution in [0.1, 0.15) is 12.0 Å². The number of aryl methyl sites for hydroxylation is 1.